The molecule has 56 heavy (non-hydrogen) atoms. The molecule has 0 aromatic heterocycles. The Morgan fingerprint density at radius 1 is 0.411 bits per heavy atom. The molecule has 0 spiro atoms. The van der Waals surface area contributed by atoms with Crippen LogP contribution in [0.4, 0.5) is 0 Å². The van der Waals surface area contributed by atoms with Crippen molar-refractivity contribution in [1.29, 1.82) is 0 Å². The smallest absolute Gasteiger partial charge is 0.306 e. The second-order valence-corrected chi connectivity index (χ2v) is 16.2. The molecule has 5 heteroatoms. The average molecular weight is 785 g/mol. The number of rotatable bonds is 44. The van der Waals surface area contributed by atoms with Crippen molar-refractivity contribution in [3.05, 3.63) is 48.6 Å². The van der Waals surface area contributed by atoms with Gasteiger partial charge in [0.05, 0.1) is 6.61 Å². The van der Waals surface area contributed by atoms with Crippen LogP contribution in [-0.4, -0.2) is 36.4 Å². The minimum atomic E-state index is -0.777. The highest BCUT2D eigenvalue weighted by Crippen LogP contribution is 2.14. The van der Waals surface area contributed by atoms with Crippen molar-refractivity contribution in [3.8, 4) is 0 Å². The zero-order valence-electron chi connectivity index (χ0n) is 37.1. The maximum atomic E-state index is 12.2. The molecule has 0 bridgehead atoms. The van der Waals surface area contributed by atoms with E-state index in [2.05, 4.69) is 62.5 Å². The standard InChI is InChI=1S/C51H92O5/c1-3-5-7-9-11-13-15-17-19-21-23-24-25-26-28-30-32-34-36-38-40-42-44-46-51(54)56-49(47-52)48-55-50(53)45-43-41-39-37-35-33-31-29-27-22-20-18-16-14-12-10-8-6-4-2/h15,17-18,20-21,23,25-26,49,52H,3-14,16,19,22,24,27-48H2,1-2H3/b17-15-,20-18-,23-21-,26-25-. The lowest BCUT2D eigenvalue weighted by Gasteiger charge is -2.15. The van der Waals surface area contributed by atoms with Crippen LogP contribution in [0.5, 0.6) is 0 Å². The van der Waals surface area contributed by atoms with E-state index in [0.717, 1.165) is 51.4 Å². The first-order chi connectivity index (χ1) is 27.6. The molecule has 0 saturated carbocycles. The van der Waals surface area contributed by atoms with Gasteiger partial charge in [-0.1, -0.05) is 204 Å². The van der Waals surface area contributed by atoms with E-state index in [1.165, 1.54) is 167 Å². The molecular weight excluding hydrogens is 693 g/mol. The highest BCUT2D eigenvalue weighted by molar-refractivity contribution is 5.70. The van der Waals surface area contributed by atoms with Crippen molar-refractivity contribution >= 4 is 11.9 Å². The van der Waals surface area contributed by atoms with Crippen molar-refractivity contribution < 1.29 is 24.2 Å². The van der Waals surface area contributed by atoms with Gasteiger partial charge in [-0.25, -0.2) is 0 Å². The van der Waals surface area contributed by atoms with E-state index in [9.17, 15) is 14.7 Å². The molecule has 0 aliphatic carbocycles. The van der Waals surface area contributed by atoms with Gasteiger partial charge in [0.25, 0.3) is 0 Å². The molecule has 0 aliphatic heterocycles. The number of ether oxygens (including phenoxy) is 2. The van der Waals surface area contributed by atoms with Gasteiger partial charge in [0.15, 0.2) is 6.10 Å². The van der Waals surface area contributed by atoms with Crippen LogP contribution >= 0.6 is 0 Å². The van der Waals surface area contributed by atoms with Gasteiger partial charge in [-0.15, -0.1) is 0 Å². The second-order valence-electron chi connectivity index (χ2n) is 16.2. The van der Waals surface area contributed by atoms with Crippen LogP contribution in [0.3, 0.4) is 0 Å². The van der Waals surface area contributed by atoms with Gasteiger partial charge in [0.1, 0.15) is 6.61 Å². The lowest BCUT2D eigenvalue weighted by Crippen LogP contribution is -2.28. The van der Waals surface area contributed by atoms with Crippen molar-refractivity contribution in [3.63, 3.8) is 0 Å². The normalized spacial score (nSPS) is 12.6. The predicted molar refractivity (Wildman–Crippen MR) is 242 cm³/mol. The Morgan fingerprint density at radius 3 is 1.09 bits per heavy atom. The number of hydrogen-bond acceptors (Lipinski definition) is 5. The van der Waals surface area contributed by atoms with Gasteiger partial charge < -0.3 is 14.6 Å². The molecule has 0 heterocycles. The number of unbranched alkanes of at least 4 members (excludes halogenated alkanes) is 28. The summed E-state index contributed by atoms with van der Waals surface area (Å²) < 4.78 is 10.7. The fourth-order valence-corrected chi connectivity index (χ4v) is 6.91. The van der Waals surface area contributed by atoms with Crippen LogP contribution in [0.25, 0.3) is 0 Å². The Balaban J connectivity index is 3.53. The molecule has 0 saturated heterocycles. The molecule has 0 fully saturated rings. The number of esters is 2. The molecule has 0 amide bonds. The van der Waals surface area contributed by atoms with Gasteiger partial charge in [0, 0.05) is 12.8 Å². The van der Waals surface area contributed by atoms with Gasteiger partial charge in [0.2, 0.25) is 0 Å². The predicted octanol–water partition coefficient (Wildman–Crippen LogP) is 15.7. The third kappa shape index (κ3) is 44.6. The van der Waals surface area contributed by atoms with E-state index in [-0.39, 0.29) is 25.2 Å². The molecule has 0 aromatic rings. The third-order valence-corrected chi connectivity index (χ3v) is 10.6. The molecule has 0 rings (SSSR count). The maximum Gasteiger partial charge on any atom is 0.306 e. The zero-order valence-corrected chi connectivity index (χ0v) is 37.1. The lowest BCUT2D eigenvalue weighted by atomic mass is 10.1. The minimum absolute atomic E-state index is 0.0694. The molecule has 0 aromatic carbocycles. The zero-order chi connectivity index (χ0) is 40.7. The molecule has 0 aliphatic rings. The number of hydrogen-bond donors (Lipinski definition) is 1. The van der Waals surface area contributed by atoms with Crippen LogP contribution in [-0.2, 0) is 19.1 Å². The molecular formula is C51H92O5. The Hall–Kier alpha value is -2.14. The Bertz CT molecular complexity index is 935. The first-order valence-electron chi connectivity index (χ1n) is 24.2. The largest absolute Gasteiger partial charge is 0.462 e. The number of aliphatic hydroxyl groups excluding tert-OH is 1. The second kappa shape index (κ2) is 47.2. The van der Waals surface area contributed by atoms with Crippen LogP contribution < -0.4 is 0 Å². The average Bonchev–Trinajstić information content (AvgIpc) is 3.20. The molecule has 5 nitrogen and oxygen atoms in total. The van der Waals surface area contributed by atoms with E-state index < -0.39 is 6.10 Å². The maximum absolute atomic E-state index is 12.2. The van der Waals surface area contributed by atoms with E-state index >= 15 is 0 Å². The van der Waals surface area contributed by atoms with Crippen LogP contribution in [0.15, 0.2) is 48.6 Å². The monoisotopic (exact) mass is 785 g/mol. The van der Waals surface area contributed by atoms with Gasteiger partial charge in [-0.05, 0) is 77.0 Å². The molecule has 326 valence electrons. The van der Waals surface area contributed by atoms with Crippen LogP contribution in [0.1, 0.15) is 245 Å². The first-order valence-corrected chi connectivity index (χ1v) is 24.2. The molecule has 1 atom stereocenters. The summed E-state index contributed by atoms with van der Waals surface area (Å²) in [5, 5.41) is 9.61. The summed E-state index contributed by atoms with van der Waals surface area (Å²) in [4.78, 5) is 24.4. The topological polar surface area (TPSA) is 72.8 Å². The quantitative estimate of drug-likeness (QED) is 0.0378. The summed E-state index contributed by atoms with van der Waals surface area (Å²) in [6.45, 7) is 4.13. The number of allylic oxidation sites excluding steroid dienone is 8. The summed E-state index contributed by atoms with van der Waals surface area (Å²) in [6, 6.07) is 0. The Morgan fingerprint density at radius 2 is 0.714 bits per heavy atom. The SMILES string of the molecule is CCCCCCC/C=C\C/C=C\C/C=C\CCCCCCCCCCC(=O)OC(CO)COC(=O)CCCCCCCCCCC/C=C\CCCCCCCC. The van der Waals surface area contributed by atoms with E-state index in [1.807, 2.05) is 0 Å². The Kier molecular flexibility index (Phi) is 45.4. The number of carbonyl (C=O) groups is 2. The summed E-state index contributed by atoms with van der Waals surface area (Å²) in [7, 11) is 0. The number of aliphatic hydroxyl groups is 1. The van der Waals surface area contributed by atoms with Gasteiger partial charge in [-0.3, -0.25) is 9.59 Å². The highest BCUT2D eigenvalue weighted by Gasteiger charge is 2.16. The minimum Gasteiger partial charge on any atom is -0.462 e. The molecule has 1 N–H and O–H groups in total. The highest BCUT2D eigenvalue weighted by atomic mass is 16.6. The summed E-state index contributed by atoms with van der Waals surface area (Å²) in [5.74, 6) is -0.595. The summed E-state index contributed by atoms with van der Waals surface area (Å²) in [6.07, 6.45) is 60.5. The fraction of sp³-hybridized carbons (Fsp3) is 0.804. The van der Waals surface area contributed by atoms with E-state index in [1.54, 1.807) is 0 Å². The Labute approximate surface area is 348 Å². The van der Waals surface area contributed by atoms with Gasteiger partial charge in [-0.2, -0.15) is 0 Å². The van der Waals surface area contributed by atoms with E-state index in [0.29, 0.717) is 12.8 Å². The van der Waals surface area contributed by atoms with Crippen LogP contribution in [0, 0.1) is 0 Å². The first kappa shape index (κ1) is 53.9. The fourth-order valence-electron chi connectivity index (χ4n) is 6.91. The third-order valence-electron chi connectivity index (χ3n) is 10.6. The van der Waals surface area contributed by atoms with Crippen molar-refractivity contribution in [2.45, 2.75) is 251 Å². The lowest BCUT2D eigenvalue weighted by molar-refractivity contribution is -0.161. The van der Waals surface area contributed by atoms with Crippen molar-refractivity contribution in [1.82, 2.24) is 0 Å². The number of carbonyl (C=O) groups excluding carboxylic acids is 2. The van der Waals surface area contributed by atoms with Crippen molar-refractivity contribution in [2.75, 3.05) is 13.2 Å². The summed E-state index contributed by atoms with van der Waals surface area (Å²) in [5.41, 5.74) is 0. The molecule has 0 radical (unpaired) electrons. The van der Waals surface area contributed by atoms with Gasteiger partial charge >= 0.3 is 11.9 Å². The molecule has 1 unspecified atom stereocenters. The van der Waals surface area contributed by atoms with Crippen molar-refractivity contribution in [2.24, 2.45) is 0 Å². The summed E-state index contributed by atoms with van der Waals surface area (Å²) >= 11 is 0. The van der Waals surface area contributed by atoms with Crippen LogP contribution in [0.2, 0.25) is 0 Å². The van der Waals surface area contributed by atoms with E-state index in [4.69, 9.17) is 9.47 Å².